The number of ether oxygens (including phenoxy) is 1. The molecular weight excluding hydrogens is 200 g/mol. The largest absolute Gasteiger partial charge is 0.353 e. The third kappa shape index (κ3) is 2.17. The second kappa shape index (κ2) is 4.79. The van der Waals surface area contributed by atoms with Crippen molar-refractivity contribution in [2.45, 2.75) is 44.3 Å². The highest BCUT2D eigenvalue weighted by molar-refractivity contribution is 5.68. The average Bonchev–Trinajstić information content (AvgIpc) is 3.06. The second-order valence-corrected chi connectivity index (χ2v) is 4.44. The summed E-state index contributed by atoms with van der Waals surface area (Å²) in [4.78, 5) is 11.1. The number of carbonyl (C=O) groups excluding carboxylic acids is 1. The lowest BCUT2D eigenvalue weighted by atomic mass is 9.95. The van der Waals surface area contributed by atoms with Gasteiger partial charge in [0.05, 0.1) is 0 Å². The Morgan fingerprint density at radius 1 is 1.31 bits per heavy atom. The SMILES string of the molecule is CCCCC[C@]1(C=O)O[C@@H]1c1ccccc1. The highest BCUT2D eigenvalue weighted by Gasteiger charge is 2.56. The molecule has 0 unspecified atom stereocenters. The lowest BCUT2D eigenvalue weighted by molar-refractivity contribution is -0.112. The van der Waals surface area contributed by atoms with E-state index in [-0.39, 0.29) is 6.10 Å². The molecule has 0 amide bonds. The smallest absolute Gasteiger partial charge is 0.154 e. The van der Waals surface area contributed by atoms with Crippen molar-refractivity contribution >= 4 is 6.29 Å². The van der Waals surface area contributed by atoms with Crippen molar-refractivity contribution in [3.05, 3.63) is 35.9 Å². The maximum atomic E-state index is 11.1. The standard InChI is InChI=1S/C14H18O2/c1-2-3-7-10-14(11-15)13(16-14)12-8-5-4-6-9-12/h4-6,8-9,11,13H,2-3,7,10H2,1H3/t13-,14-/m1/s1. The number of epoxide rings is 1. The minimum absolute atomic E-state index is 0.0111. The fourth-order valence-electron chi connectivity index (χ4n) is 2.15. The summed E-state index contributed by atoms with van der Waals surface area (Å²) < 4.78 is 5.62. The lowest BCUT2D eigenvalue weighted by Crippen LogP contribution is -2.14. The number of rotatable bonds is 6. The van der Waals surface area contributed by atoms with Crippen molar-refractivity contribution in [1.82, 2.24) is 0 Å². The predicted octanol–water partition coefficient (Wildman–Crippen LogP) is 3.28. The van der Waals surface area contributed by atoms with Crippen LogP contribution in [0.3, 0.4) is 0 Å². The van der Waals surface area contributed by atoms with Gasteiger partial charge < -0.3 is 9.53 Å². The van der Waals surface area contributed by atoms with Gasteiger partial charge in [-0.1, -0.05) is 56.5 Å². The first kappa shape index (κ1) is 11.3. The van der Waals surface area contributed by atoms with Gasteiger partial charge in [-0.05, 0) is 12.0 Å². The summed E-state index contributed by atoms with van der Waals surface area (Å²) in [5.74, 6) is 0. The number of unbranched alkanes of at least 4 members (excludes halogenated alkanes) is 2. The van der Waals surface area contributed by atoms with Crippen LogP contribution in [-0.2, 0) is 9.53 Å². The van der Waals surface area contributed by atoms with E-state index in [2.05, 4.69) is 6.92 Å². The Bertz CT molecular complexity index is 347. The number of carbonyl (C=O) groups is 1. The van der Waals surface area contributed by atoms with E-state index in [1.807, 2.05) is 30.3 Å². The highest BCUT2D eigenvalue weighted by Crippen LogP contribution is 2.51. The fourth-order valence-corrected chi connectivity index (χ4v) is 2.15. The second-order valence-electron chi connectivity index (χ2n) is 4.44. The van der Waals surface area contributed by atoms with Crippen LogP contribution in [0.5, 0.6) is 0 Å². The fraction of sp³-hybridized carbons (Fsp3) is 0.500. The molecule has 1 aliphatic heterocycles. The van der Waals surface area contributed by atoms with Crippen LogP contribution in [0, 0.1) is 0 Å². The molecule has 0 aromatic heterocycles. The Morgan fingerprint density at radius 3 is 2.69 bits per heavy atom. The molecule has 1 aromatic rings. The van der Waals surface area contributed by atoms with Gasteiger partial charge in [-0.15, -0.1) is 0 Å². The van der Waals surface area contributed by atoms with Gasteiger partial charge in [-0.3, -0.25) is 0 Å². The number of benzene rings is 1. The van der Waals surface area contributed by atoms with Gasteiger partial charge in [0, 0.05) is 0 Å². The number of hydrogen-bond acceptors (Lipinski definition) is 2. The Labute approximate surface area is 96.6 Å². The average molecular weight is 218 g/mol. The lowest BCUT2D eigenvalue weighted by Gasteiger charge is -2.04. The minimum Gasteiger partial charge on any atom is -0.353 e. The van der Waals surface area contributed by atoms with Crippen molar-refractivity contribution < 1.29 is 9.53 Å². The Balaban J connectivity index is 1.98. The van der Waals surface area contributed by atoms with E-state index >= 15 is 0 Å². The molecule has 16 heavy (non-hydrogen) atoms. The molecule has 0 radical (unpaired) electrons. The molecule has 1 saturated heterocycles. The van der Waals surface area contributed by atoms with E-state index < -0.39 is 5.60 Å². The van der Waals surface area contributed by atoms with Crippen LogP contribution < -0.4 is 0 Å². The Hall–Kier alpha value is -1.15. The van der Waals surface area contributed by atoms with Crippen molar-refractivity contribution in [3.8, 4) is 0 Å². The van der Waals surface area contributed by atoms with Crippen LogP contribution in [0.4, 0.5) is 0 Å². The predicted molar refractivity (Wildman–Crippen MR) is 63.2 cm³/mol. The molecule has 2 atom stereocenters. The van der Waals surface area contributed by atoms with E-state index in [1.54, 1.807) is 0 Å². The van der Waals surface area contributed by atoms with E-state index in [9.17, 15) is 4.79 Å². The number of hydrogen-bond donors (Lipinski definition) is 0. The molecule has 1 aliphatic rings. The van der Waals surface area contributed by atoms with E-state index in [0.717, 1.165) is 24.7 Å². The molecule has 2 nitrogen and oxygen atoms in total. The molecule has 1 aromatic carbocycles. The molecule has 2 rings (SSSR count). The minimum atomic E-state index is -0.517. The van der Waals surface area contributed by atoms with E-state index in [1.165, 1.54) is 12.8 Å². The Morgan fingerprint density at radius 2 is 2.06 bits per heavy atom. The first-order valence-electron chi connectivity index (χ1n) is 6.01. The zero-order valence-corrected chi connectivity index (χ0v) is 9.69. The van der Waals surface area contributed by atoms with Gasteiger partial charge in [0.1, 0.15) is 6.10 Å². The van der Waals surface area contributed by atoms with Crippen LogP contribution >= 0.6 is 0 Å². The molecule has 0 spiro atoms. The first-order chi connectivity index (χ1) is 7.82. The zero-order chi connectivity index (χ0) is 11.4. The summed E-state index contributed by atoms with van der Waals surface area (Å²) in [6.45, 7) is 2.16. The van der Waals surface area contributed by atoms with Gasteiger partial charge in [-0.25, -0.2) is 0 Å². The maximum Gasteiger partial charge on any atom is 0.154 e. The summed E-state index contributed by atoms with van der Waals surface area (Å²) >= 11 is 0. The zero-order valence-electron chi connectivity index (χ0n) is 9.69. The number of aldehydes is 1. The van der Waals surface area contributed by atoms with Crippen LogP contribution in [-0.4, -0.2) is 11.9 Å². The Kier molecular flexibility index (Phi) is 3.39. The summed E-state index contributed by atoms with van der Waals surface area (Å²) in [5.41, 5.74) is 0.599. The molecule has 0 bridgehead atoms. The molecule has 0 N–H and O–H groups in total. The van der Waals surface area contributed by atoms with Crippen molar-refractivity contribution in [2.24, 2.45) is 0 Å². The summed E-state index contributed by atoms with van der Waals surface area (Å²) in [7, 11) is 0. The summed E-state index contributed by atoms with van der Waals surface area (Å²) in [6.07, 6.45) is 5.23. The van der Waals surface area contributed by atoms with Crippen molar-refractivity contribution in [1.29, 1.82) is 0 Å². The topological polar surface area (TPSA) is 29.6 Å². The maximum absolute atomic E-state index is 11.1. The van der Waals surface area contributed by atoms with E-state index in [4.69, 9.17) is 4.74 Å². The van der Waals surface area contributed by atoms with Gasteiger partial charge >= 0.3 is 0 Å². The van der Waals surface area contributed by atoms with Gasteiger partial charge in [0.15, 0.2) is 11.9 Å². The van der Waals surface area contributed by atoms with Crippen LogP contribution in [0.25, 0.3) is 0 Å². The third-order valence-corrected chi connectivity index (χ3v) is 3.20. The van der Waals surface area contributed by atoms with Gasteiger partial charge in [0.2, 0.25) is 0 Å². The molecule has 0 saturated carbocycles. The molecule has 2 heteroatoms. The molecule has 0 aliphatic carbocycles. The third-order valence-electron chi connectivity index (χ3n) is 3.20. The van der Waals surface area contributed by atoms with Gasteiger partial charge in [0.25, 0.3) is 0 Å². The normalized spacial score (nSPS) is 27.7. The van der Waals surface area contributed by atoms with Crippen LogP contribution in [0.2, 0.25) is 0 Å². The van der Waals surface area contributed by atoms with Crippen molar-refractivity contribution in [3.63, 3.8) is 0 Å². The molecule has 86 valence electrons. The molecular formula is C14H18O2. The first-order valence-corrected chi connectivity index (χ1v) is 6.01. The summed E-state index contributed by atoms with van der Waals surface area (Å²) in [6, 6.07) is 9.99. The van der Waals surface area contributed by atoms with Crippen LogP contribution in [0.1, 0.15) is 44.3 Å². The molecule has 1 heterocycles. The highest BCUT2D eigenvalue weighted by atomic mass is 16.6. The monoisotopic (exact) mass is 218 g/mol. The van der Waals surface area contributed by atoms with Crippen LogP contribution in [0.15, 0.2) is 30.3 Å². The summed E-state index contributed by atoms with van der Waals surface area (Å²) in [5, 5.41) is 0. The molecule has 1 fully saturated rings. The van der Waals surface area contributed by atoms with E-state index in [0.29, 0.717) is 0 Å². The van der Waals surface area contributed by atoms with Crippen molar-refractivity contribution in [2.75, 3.05) is 0 Å². The van der Waals surface area contributed by atoms with Gasteiger partial charge in [-0.2, -0.15) is 0 Å². The quantitative estimate of drug-likeness (QED) is 0.416.